The van der Waals surface area contributed by atoms with Gasteiger partial charge in [-0.15, -0.1) is 0 Å². The Hall–Kier alpha value is -1.53. The number of anilines is 1. The zero-order valence-electron chi connectivity index (χ0n) is 11.1. The highest BCUT2D eigenvalue weighted by Crippen LogP contribution is 2.28. The van der Waals surface area contributed by atoms with Crippen LogP contribution in [0.4, 0.5) is 5.69 Å². The molecule has 7 heteroatoms. The van der Waals surface area contributed by atoms with E-state index in [0.717, 1.165) is 0 Å². The van der Waals surface area contributed by atoms with Crippen LogP contribution in [-0.2, 0) is 9.59 Å². The molecule has 1 aliphatic rings. The maximum absolute atomic E-state index is 11.9. The molecule has 0 aromatic heterocycles. The summed E-state index contributed by atoms with van der Waals surface area (Å²) in [6.07, 6.45) is 0.121. The molecule has 0 radical (unpaired) electrons. The summed E-state index contributed by atoms with van der Waals surface area (Å²) in [6.45, 7) is 0. The van der Waals surface area contributed by atoms with E-state index in [1.165, 1.54) is 16.7 Å². The molecule has 1 aromatic carbocycles. The number of nitrogens with one attached hydrogen (secondary N) is 1. The summed E-state index contributed by atoms with van der Waals surface area (Å²) < 4.78 is 0. The molecule has 20 heavy (non-hydrogen) atoms. The summed E-state index contributed by atoms with van der Waals surface area (Å²) >= 11 is 7.09. The topological polar surface area (TPSA) is 61.8 Å². The average molecular weight is 312 g/mol. The number of thioether (sulfide) groups is 1. The van der Waals surface area contributed by atoms with Crippen molar-refractivity contribution in [1.82, 2.24) is 4.90 Å². The molecule has 1 saturated heterocycles. The maximum atomic E-state index is 11.9. The second-order valence-electron chi connectivity index (χ2n) is 4.27. The number of nitrogens with zero attached hydrogens (tertiary/aromatic N) is 2. The Kier molecular flexibility index (Phi) is 4.67. The molecule has 0 saturated carbocycles. The van der Waals surface area contributed by atoms with E-state index < -0.39 is 5.25 Å². The number of halogens is 1. The zero-order valence-corrected chi connectivity index (χ0v) is 12.7. The maximum Gasteiger partial charge on any atom is 0.242 e. The molecular weight excluding hydrogens is 298 g/mol. The number of benzene rings is 1. The van der Waals surface area contributed by atoms with E-state index in [-0.39, 0.29) is 18.2 Å². The van der Waals surface area contributed by atoms with Crippen LogP contribution in [0.15, 0.2) is 29.3 Å². The Morgan fingerprint density at radius 2 is 2.10 bits per heavy atom. The van der Waals surface area contributed by atoms with Crippen LogP contribution in [0.1, 0.15) is 6.42 Å². The van der Waals surface area contributed by atoms with Gasteiger partial charge in [-0.05, 0) is 24.3 Å². The minimum absolute atomic E-state index is 0.0955. The molecular formula is C13H14ClN3O2S. The van der Waals surface area contributed by atoms with Gasteiger partial charge in [-0.1, -0.05) is 23.4 Å². The molecule has 2 amide bonds. The van der Waals surface area contributed by atoms with Crippen molar-refractivity contribution >= 4 is 46.0 Å². The predicted molar refractivity (Wildman–Crippen MR) is 82.2 cm³/mol. The highest BCUT2D eigenvalue weighted by Gasteiger charge is 2.36. The van der Waals surface area contributed by atoms with Gasteiger partial charge in [-0.3, -0.25) is 19.5 Å². The van der Waals surface area contributed by atoms with Crippen molar-refractivity contribution in [2.75, 3.05) is 19.4 Å². The van der Waals surface area contributed by atoms with Crippen molar-refractivity contribution in [3.8, 4) is 0 Å². The number of aliphatic imine (C=N–C) groups is 1. The predicted octanol–water partition coefficient (Wildman–Crippen LogP) is 2.23. The zero-order chi connectivity index (χ0) is 14.7. The number of hydrogen-bond donors (Lipinski definition) is 1. The van der Waals surface area contributed by atoms with Crippen molar-refractivity contribution in [3.63, 3.8) is 0 Å². The van der Waals surface area contributed by atoms with Crippen molar-refractivity contribution in [2.45, 2.75) is 11.7 Å². The average Bonchev–Trinajstić information content (AvgIpc) is 2.69. The SMILES string of the molecule is CN=C1S[C@H](CC(=O)Nc2ccc(Cl)cc2)C(=O)N1C. The largest absolute Gasteiger partial charge is 0.326 e. The van der Waals surface area contributed by atoms with Gasteiger partial charge in [-0.25, -0.2) is 0 Å². The van der Waals surface area contributed by atoms with Crippen LogP contribution in [0.3, 0.4) is 0 Å². The third-order valence-corrected chi connectivity index (χ3v) is 4.40. The molecule has 0 aliphatic carbocycles. The van der Waals surface area contributed by atoms with Crippen LogP contribution in [0, 0.1) is 0 Å². The fraction of sp³-hybridized carbons (Fsp3) is 0.308. The molecule has 0 unspecified atom stereocenters. The fourth-order valence-electron chi connectivity index (χ4n) is 1.81. The Morgan fingerprint density at radius 1 is 1.45 bits per heavy atom. The molecule has 1 fully saturated rings. The van der Waals surface area contributed by atoms with Gasteiger partial charge in [0.05, 0.1) is 0 Å². The number of rotatable bonds is 3. The first kappa shape index (κ1) is 14.9. The van der Waals surface area contributed by atoms with E-state index in [1.54, 1.807) is 38.4 Å². The van der Waals surface area contributed by atoms with Gasteiger partial charge in [0.25, 0.3) is 0 Å². The van der Waals surface area contributed by atoms with Crippen LogP contribution in [0.2, 0.25) is 5.02 Å². The third kappa shape index (κ3) is 3.32. The third-order valence-electron chi connectivity index (χ3n) is 2.83. The van der Waals surface area contributed by atoms with Gasteiger partial charge < -0.3 is 5.32 Å². The second-order valence-corrected chi connectivity index (χ2v) is 5.88. The standard InChI is InChI=1S/C13H14ClN3O2S/c1-15-13-17(2)12(19)10(20-13)7-11(18)16-9-5-3-8(14)4-6-9/h3-6,10H,7H2,1-2H3,(H,16,18)/t10-/m1/s1. The van der Waals surface area contributed by atoms with Gasteiger partial charge in [0.15, 0.2) is 5.17 Å². The fourth-order valence-corrected chi connectivity index (χ4v) is 3.04. The summed E-state index contributed by atoms with van der Waals surface area (Å²) in [4.78, 5) is 29.4. The van der Waals surface area contributed by atoms with Gasteiger partial charge >= 0.3 is 0 Å². The monoisotopic (exact) mass is 311 g/mol. The highest BCUT2D eigenvalue weighted by molar-refractivity contribution is 8.15. The van der Waals surface area contributed by atoms with Gasteiger partial charge in [0, 0.05) is 31.2 Å². The first-order chi connectivity index (χ1) is 9.51. The highest BCUT2D eigenvalue weighted by atomic mass is 35.5. The Balaban J connectivity index is 1.95. The van der Waals surface area contributed by atoms with Crippen molar-refractivity contribution in [1.29, 1.82) is 0 Å². The van der Waals surface area contributed by atoms with Gasteiger partial charge in [-0.2, -0.15) is 0 Å². The van der Waals surface area contributed by atoms with E-state index in [4.69, 9.17) is 11.6 Å². The van der Waals surface area contributed by atoms with Crippen LogP contribution in [0.5, 0.6) is 0 Å². The van der Waals surface area contributed by atoms with Crippen LogP contribution < -0.4 is 5.32 Å². The Labute approximate surface area is 126 Å². The summed E-state index contributed by atoms with van der Waals surface area (Å²) in [5.74, 6) is -0.300. The number of carbonyl (C=O) groups excluding carboxylic acids is 2. The van der Waals surface area contributed by atoms with E-state index >= 15 is 0 Å². The van der Waals surface area contributed by atoms with Crippen molar-refractivity contribution in [2.24, 2.45) is 4.99 Å². The lowest BCUT2D eigenvalue weighted by molar-refractivity contribution is -0.127. The van der Waals surface area contributed by atoms with Gasteiger partial charge in [0.1, 0.15) is 5.25 Å². The number of amides is 2. The van der Waals surface area contributed by atoms with E-state index in [9.17, 15) is 9.59 Å². The molecule has 0 bridgehead atoms. The number of carbonyl (C=O) groups is 2. The molecule has 1 heterocycles. The van der Waals surface area contributed by atoms with Gasteiger partial charge in [0.2, 0.25) is 11.8 Å². The molecule has 1 N–H and O–H groups in total. The first-order valence-corrected chi connectivity index (χ1v) is 7.23. The molecule has 1 atom stereocenters. The van der Waals surface area contributed by atoms with Crippen LogP contribution in [-0.4, -0.2) is 41.2 Å². The summed E-state index contributed by atoms with van der Waals surface area (Å²) in [7, 11) is 3.29. The van der Waals surface area contributed by atoms with Crippen LogP contribution >= 0.6 is 23.4 Å². The molecule has 1 aromatic rings. The lowest BCUT2D eigenvalue weighted by atomic mass is 10.2. The molecule has 2 rings (SSSR count). The molecule has 1 aliphatic heterocycles. The quantitative estimate of drug-likeness (QED) is 0.931. The normalized spacial score (nSPS) is 20.6. The lowest BCUT2D eigenvalue weighted by Crippen LogP contribution is -2.30. The van der Waals surface area contributed by atoms with Crippen molar-refractivity contribution < 1.29 is 9.59 Å². The van der Waals surface area contributed by atoms with Crippen molar-refractivity contribution in [3.05, 3.63) is 29.3 Å². The lowest BCUT2D eigenvalue weighted by Gasteiger charge is -2.09. The summed E-state index contributed by atoms with van der Waals surface area (Å²) in [5, 5.41) is 3.58. The first-order valence-electron chi connectivity index (χ1n) is 5.97. The minimum atomic E-state index is -0.411. The summed E-state index contributed by atoms with van der Waals surface area (Å²) in [6, 6.07) is 6.83. The summed E-state index contributed by atoms with van der Waals surface area (Å²) in [5.41, 5.74) is 0.660. The molecule has 0 spiro atoms. The van der Waals surface area contributed by atoms with E-state index in [2.05, 4.69) is 10.3 Å². The molecule has 106 valence electrons. The molecule has 5 nitrogen and oxygen atoms in total. The van der Waals surface area contributed by atoms with E-state index in [1.807, 2.05) is 0 Å². The Bertz CT molecular complexity index is 559. The number of hydrogen-bond acceptors (Lipinski definition) is 4. The number of amidine groups is 1. The second kappa shape index (κ2) is 6.28. The smallest absolute Gasteiger partial charge is 0.242 e. The Morgan fingerprint density at radius 3 is 2.65 bits per heavy atom. The van der Waals surface area contributed by atoms with E-state index in [0.29, 0.717) is 15.9 Å². The van der Waals surface area contributed by atoms with Crippen LogP contribution in [0.25, 0.3) is 0 Å². The minimum Gasteiger partial charge on any atom is -0.326 e.